The van der Waals surface area contributed by atoms with Crippen LogP contribution in [-0.2, 0) is 29.1 Å². The predicted molar refractivity (Wildman–Crippen MR) is 202 cm³/mol. The van der Waals surface area contributed by atoms with Gasteiger partial charge in [0.05, 0.1) is 46.6 Å². The van der Waals surface area contributed by atoms with Crippen molar-refractivity contribution >= 4 is 44.9 Å². The van der Waals surface area contributed by atoms with Crippen molar-refractivity contribution in [3.63, 3.8) is 0 Å². The van der Waals surface area contributed by atoms with E-state index in [1.807, 2.05) is 10.8 Å². The average molecular weight is 852 g/mol. The largest absolute Gasteiger partial charge is 0.469 e. The molecule has 4 fully saturated rings. The number of unbranched alkanes of at least 4 members (excludes halogenated alkanes) is 1. The van der Waals surface area contributed by atoms with E-state index in [0.29, 0.717) is 25.7 Å². The quantitative estimate of drug-likeness (QED) is 0.159. The number of amides is 4. The molecule has 1 aliphatic heterocycles. The molecule has 322 valence electrons. The van der Waals surface area contributed by atoms with Gasteiger partial charge in [0.25, 0.3) is 17.7 Å². The van der Waals surface area contributed by atoms with E-state index in [9.17, 15) is 46.0 Å². The lowest BCUT2D eigenvalue weighted by molar-refractivity contribution is -0.144. The van der Waals surface area contributed by atoms with Crippen LogP contribution >= 0.6 is 0 Å². The number of alkyl halides is 3. The van der Waals surface area contributed by atoms with Crippen LogP contribution < -0.4 is 20.1 Å². The molecule has 0 spiro atoms. The number of fused-ring (bicyclic) bond motifs is 1. The van der Waals surface area contributed by atoms with Crippen molar-refractivity contribution in [2.24, 2.45) is 23.2 Å². The van der Waals surface area contributed by atoms with Gasteiger partial charge >= 0.3 is 6.09 Å². The van der Waals surface area contributed by atoms with E-state index >= 15 is 4.39 Å². The van der Waals surface area contributed by atoms with Gasteiger partial charge < -0.3 is 25.0 Å². The molecule has 0 radical (unpaired) electrons. The molecular weight excluding hydrogens is 803 g/mol. The summed E-state index contributed by atoms with van der Waals surface area (Å²) in [6.07, 6.45) is -3.49. The monoisotopic (exact) mass is 851 g/mol. The molecule has 6 rings (SSSR count). The lowest BCUT2D eigenvalue weighted by atomic mass is 9.85. The third-order valence-electron chi connectivity index (χ3n) is 12.0. The van der Waals surface area contributed by atoms with Crippen LogP contribution in [0.5, 0.6) is 5.88 Å². The summed E-state index contributed by atoms with van der Waals surface area (Å²) in [6, 6.07) is 3.20. The Morgan fingerprint density at radius 2 is 1.81 bits per heavy atom. The number of sulfonamides is 1. The molecule has 1 saturated heterocycles. The number of nitrogens with one attached hydrogen (secondary N) is 3. The molecule has 0 unspecified atom stereocenters. The molecule has 0 bridgehead atoms. The van der Waals surface area contributed by atoms with E-state index in [1.54, 1.807) is 27.7 Å². The third kappa shape index (κ3) is 9.04. The fourth-order valence-electron chi connectivity index (χ4n) is 7.76. The maximum absolute atomic E-state index is 15.4. The number of nitrogens with zero attached hydrogens (tertiary/aromatic N) is 4. The van der Waals surface area contributed by atoms with Crippen molar-refractivity contribution in [1.82, 2.24) is 30.2 Å². The van der Waals surface area contributed by atoms with Gasteiger partial charge in [-0.3, -0.25) is 23.5 Å². The highest BCUT2D eigenvalue weighted by Gasteiger charge is 2.68. The first-order valence-electron chi connectivity index (χ1n) is 19.7. The molecule has 3 aliphatic carbocycles. The molecule has 59 heavy (non-hydrogen) atoms. The lowest BCUT2D eigenvalue weighted by Gasteiger charge is -2.36. The molecule has 8 atom stereocenters. The summed E-state index contributed by atoms with van der Waals surface area (Å²) in [5, 5.41) is 14.4. The Bertz CT molecular complexity index is 2150. The van der Waals surface area contributed by atoms with Crippen LogP contribution in [-0.4, -0.2) is 101 Å². The van der Waals surface area contributed by atoms with Gasteiger partial charge in [-0.05, 0) is 81.4 Å². The van der Waals surface area contributed by atoms with Crippen LogP contribution in [0.1, 0.15) is 91.5 Å². The second-order valence-corrected chi connectivity index (χ2v) is 19.6. The molecule has 4 aliphatic rings. The number of ether oxygens (including phenoxy) is 2. The Morgan fingerprint density at radius 3 is 2.41 bits per heavy atom. The van der Waals surface area contributed by atoms with Crippen LogP contribution in [0.4, 0.5) is 22.4 Å². The van der Waals surface area contributed by atoms with E-state index in [2.05, 4.69) is 20.6 Å². The van der Waals surface area contributed by atoms with E-state index in [0.717, 1.165) is 4.90 Å². The second kappa shape index (κ2) is 16.3. The van der Waals surface area contributed by atoms with Crippen LogP contribution in [0.3, 0.4) is 0 Å². The number of alkyl carbamates (subject to hydrolysis) is 1. The predicted octanol–water partition coefficient (Wildman–Crippen LogP) is 4.43. The standard InChI is InChI=1S/C39H49F4N7O8S/c1-6-22-27(57-33-31(43)45-24-11-10-20(18-44)15-25(24)46-33)19-50(34(52)29(37(2,3)4)47-36(54)58-26-16-21(26)9-7-8-14-40)28(22)32(51)48-39(17-23(39)30(41)42)35(53)49-59(55,56)38(5)12-13-38/h10-11,15,21-23,26-30H,6-9,12-14,16-17,19H2,1-5H3,(H,47,54)(H,48,51)(H,49,53)/t21-,22-,23+,26-,27+,28+,29-,39-/m1/s1. The average Bonchev–Trinajstić information content (AvgIpc) is 4.12. The van der Waals surface area contributed by atoms with Crippen LogP contribution in [0.25, 0.3) is 11.0 Å². The van der Waals surface area contributed by atoms with E-state index < -0.39 is 124 Å². The van der Waals surface area contributed by atoms with Crippen molar-refractivity contribution in [1.29, 1.82) is 5.26 Å². The zero-order valence-electron chi connectivity index (χ0n) is 33.4. The molecule has 20 heteroatoms. The van der Waals surface area contributed by atoms with Gasteiger partial charge in [-0.1, -0.05) is 34.1 Å². The number of nitriles is 1. The first-order valence-corrected chi connectivity index (χ1v) is 21.2. The Morgan fingerprint density at radius 1 is 1.10 bits per heavy atom. The lowest BCUT2D eigenvalue weighted by Crippen LogP contribution is -2.61. The third-order valence-corrected chi connectivity index (χ3v) is 14.1. The zero-order valence-corrected chi connectivity index (χ0v) is 34.2. The molecule has 3 N–H and O–H groups in total. The highest BCUT2D eigenvalue weighted by molar-refractivity contribution is 7.91. The summed E-state index contributed by atoms with van der Waals surface area (Å²) in [5.74, 6) is -7.72. The Labute approximate surface area is 339 Å². The molecule has 3 saturated carbocycles. The maximum Gasteiger partial charge on any atom is 0.408 e. The number of aromatic nitrogens is 2. The Balaban J connectivity index is 1.31. The normalized spacial score (nSPS) is 27.4. The van der Waals surface area contributed by atoms with Crippen molar-refractivity contribution in [2.45, 2.75) is 127 Å². The van der Waals surface area contributed by atoms with E-state index in [1.165, 1.54) is 25.1 Å². The summed E-state index contributed by atoms with van der Waals surface area (Å²) in [5.41, 5.74) is -2.94. The van der Waals surface area contributed by atoms with E-state index in [-0.39, 0.29) is 41.8 Å². The fourth-order valence-corrected chi connectivity index (χ4v) is 9.07. The first-order chi connectivity index (χ1) is 27.7. The zero-order chi connectivity index (χ0) is 43.2. The number of hydrogen-bond acceptors (Lipinski definition) is 11. The summed E-state index contributed by atoms with van der Waals surface area (Å²) >= 11 is 0. The van der Waals surface area contributed by atoms with Crippen molar-refractivity contribution < 1.29 is 54.6 Å². The molecule has 1 aromatic heterocycles. The molecule has 4 amide bonds. The summed E-state index contributed by atoms with van der Waals surface area (Å²) in [7, 11) is -4.31. The molecule has 15 nitrogen and oxygen atoms in total. The smallest absolute Gasteiger partial charge is 0.408 e. The van der Waals surface area contributed by atoms with Crippen molar-refractivity contribution in [3.05, 3.63) is 29.7 Å². The minimum atomic E-state index is -4.31. The van der Waals surface area contributed by atoms with Gasteiger partial charge in [0.1, 0.15) is 29.8 Å². The summed E-state index contributed by atoms with van der Waals surface area (Å²) in [6.45, 7) is 7.11. The molecular formula is C39H49F4N7O8S. The number of halogens is 4. The van der Waals surface area contributed by atoms with Crippen molar-refractivity contribution in [3.8, 4) is 11.9 Å². The highest BCUT2D eigenvalue weighted by Crippen LogP contribution is 2.50. The number of carbonyl (C=O) groups is 4. The van der Waals surface area contributed by atoms with Crippen LogP contribution in [0.15, 0.2) is 18.2 Å². The second-order valence-electron chi connectivity index (χ2n) is 17.4. The number of rotatable bonds is 16. The fraction of sp³-hybridized carbons (Fsp3) is 0.667. The van der Waals surface area contributed by atoms with Gasteiger partial charge in [-0.15, -0.1) is 0 Å². The molecule has 1 aromatic carbocycles. The van der Waals surface area contributed by atoms with Gasteiger partial charge in [-0.25, -0.2) is 32.0 Å². The van der Waals surface area contributed by atoms with Crippen molar-refractivity contribution in [2.75, 3.05) is 13.2 Å². The van der Waals surface area contributed by atoms with E-state index in [4.69, 9.17) is 9.47 Å². The molecule has 2 heterocycles. The minimum absolute atomic E-state index is 0.0437. The van der Waals surface area contributed by atoms with Gasteiger partial charge in [0.2, 0.25) is 28.3 Å². The van der Waals surface area contributed by atoms with Gasteiger partial charge in [0.15, 0.2) is 0 Å². The molecule has 2 aromatic rings. The van der Waals surface area contributed by atoms with Crippen LogP contribution in [0, 0.1) is 40.4 Å². The van der Waals surface area contributed by atoms with Gasteiger partial charge in [0, 0.05) is 5.92 Å². The highest BCUT2D eigenvalue weighted by atomic mass is 32.2. The topological polar surface area (TPSA) is 210 Å². The minimum Gasteiger partial charge on any atom is -0.469 e. The number of benzene rings is 1. The number of likely N-dealkylation sites (tertiary alicyclic amines) is 1. The Hall–Kier alpha value is -4.80. The Kier molecular flexibility index (Phi) is 12.1. The SMILES string of the molecule is CC[C@@H]1[C@@H](Oc2nc3cc(C#N)ccc3nc2F)CN(C(=O)[C@@H](NC(=O)O[C@@H]2C[C@H]2CCCCF)C(C)(C)C)[C@@H]1C(=O)N[C@]1(C(=O)NS(=O)(=O)C2(C)CC2)C[C@H]1C(F)F. The van der Waals surface area contributed by atoms with Crippen LogP contribution in [0.2, 0.25) is 0 Å². The maximum atomic E-state index is 15.4. The summed E-state index contributed by atoms with van der Waals surface area (Å²) in [4.78, 5) is 65.2. The summed E-state index contributed by atoms with van der Waals surface area (Å²) < 4.78 is 94.9. The first kappa shape index (κ1) is 43.8. The number of hydrogen-bond donors (Lipinski definition) is 3. The van der Waals surface area contributed by atoms with Gasteiger partial charge in [-0.2, -0.15) is 9.65 Å². The number of carbonyl (C=O) groups excluding carboxylic acids is 4.